The monoisotopic (exact) mass is 332 g/mol. The van der Waals surface area contributed by atoms with Gasteiger partial charge in [0.1, 0.15) is 16.7 Å². The van der Waals surface area contributed by atoms with Crippen LogP contribution in [0.5, 0.6) is 17.2 Å². The molecule has 0 amide bonds. The molecular formula is C19H24O5. The topological polar surface area (TPSA) is 57.9 Å². The highest BCUT2D eigenvalue weighted by molar-refractivity contribution is 5.91. The lowest BCUT2D eigenvalue weighted by molar-refractivity contribution is 0.218. The van der Waals surface area contributed by atoms with Crippen LogP contribution in [-0.4, -0.2) is 19.8 Å². The molecule has 0 saturated carbocycles. The van der Waals surface area contributed by atoms with E-state index in [2.05, 4.69) is 13.0 Å². The number of rotatable bonds is 8. The second kappa shape index (κ2) is 8.43. The number of methoxy groups -OCH3 is 1. The second-order valence-electron chi connectivity index (χ2n) is 5.56. The van der Waals surface area contributed by atoms with Gasteiger partial charge >= 0.3 is 5.63 Å². The first-order valence-electron chi connectivity index (χ1n) is 8.16. The lowest BCUT2D eigenvalue weighted by Gasteiger charge is -2.17. The van der Waals surface area contributed by atoms with Crippen molar-refractivity contribution >= 4 is 11.0 Å². The van der Waals surface area contributed by atoms with Gasteiger partial charge in [0.25, 0.3) is 0 Å². The summed E-state index contributed by atoms with van der Waals surface area (Å²) < 4.78 is 22.3. The summed E-state index contributed by atoms with van der Waals surface area (Å²) in [5, 5.41) is 0.604. The van der Waals surface area contributed by atoms with Gasteiger partial charge in [-0.25, -0.2) is 4.79 Å². The molecule has 0 saturated heterocycles. The standard InChI is InChI=1S/C19H24O5/c1-5-6-7-8-12-22-18-17(23-13(2)3)16-14(21-4)10-9-11-15(16)24-19(18)20/h6-7,9-11,13H,5,8,12H2,1-4H3. The first-order chi connectivity index (χ1) is 11.6. The quantitative estimate of drug-likeness (QED) is 0.409. The average Bonchev–Trinajstić information content (AvgIpc) is 2.55. The van der Waals surface area contributed by atoms with Crippen LogP contribution >= 0.6 is 0 Å². The molecule has 1 aromatic carbocycles. The van der Waals surface area contributed by atoms with E-state index in [1.54, 1.807) is 25.3 Å². The maximum Gasteiger partial charge on any atom is 0.383 e. The predicted molar refractivity (Wildman–Crippen MR) is 94.3 cm³/mol. The molecule has 2 aromatic rings. The Balaban J connectivity index is 2.49. The zero-order valence-electron chi connectivity index (χ0n) is 14.6. The van der Waals surface area contributed by atoms with Crippen LogP contribution in [-0.2, 0) is 0 Å². The summed E-state index contributed by atoms with van der Waals surface area (Å²) in [4.78, 5) is 12.3. The summed E-state index contributed by atoms with van der Waals surface area (Å²) in [6.07, 6.45) is 5.63. The molecule has 0 atom stereocenters. The first-order valence-corrected chi connectivity index (χ1v) is 8.16. The van der Waals surface area contributed by atoms with Gasteiger partial charge in [-0.2, -0.15) is 0 Å². The maximum atomic E-state index is 12.3. The molecule has 0 aliphatic rings. The van der Waals surface area contributed by atoms with Gasteiger partial charge in [0.15, 0.2) is 5.75 Å². The molecule has 130 valence electrons. The van der Waals surface area contributed by atoms with Crippen LogP contribution in [0.15, 0.2) is 39.6 Å². The molecule has 5 nitrogen and oxygen atoms in total. The fourth-order valence-electron chi connectivity index (χ4n) is 2.33. The van der Waals surface area contributed by atoms with E-state index < -0.39 is 5.63 Å². The second-order valence-corrected chi connectivity index (χ2v) is 5.56. The summed E-state index contributed by atoms with van der Waals surface area (Å²) in [6.45, 7) is 6.22. The lowest BCUT2D eigenvalue weighted by atomic mass is 10.2. The van der Waals surface area contributed by atoms with Crippen molar-refractivity contribution in [2.24, 2.45) is 0 Å². The van der Waals surface area contributed by atoms with E-state index in [-0.39, 0.29) is 11.9 Å². The molecule has 5 heteroatoms. The minimum Gasteiger partial charge on any atom is -0.496 e. The van der Waals surface area contributed by atoms with E-state index in [1.807, 2.05) is 19.9 Å². The zero-order chi connectivity index (χ0) is 17.5. The molecule has 0 spiro atoms. The third-order valence-corrected chi connectivity index (χ3v) is 3.32. The Labute approximate surface area is 141 Å². The van der Waals surface area contributed by atoms with E-state index >= 15 is 0 Å². The third-order valence-electron chi connectivity index (χ3n) is 3.32. The highest BCUT2D eigenvalue weighted by atomic mass is 16.5. The van der Waals surface area contributed by atoms with E-state index in [9.17, 15) is 4.79 Å². The molecule has 0 fully saturated rings. The highest BCUT2D eigenvalue weighted by Gasteiger charge is 2.21. The Bertz CT molecular complexity index is 758. The van der Waals surface area contributed by atoms with Gasteiger partial charge in [0, 0.05) is 0 Å². The van der Waals surface area contributed by atoms with E-state index in [4.69, 9.17) is 18.6 Å². The molecule has 0 radical (unpaired) electrons. The average molecular weight is 332 g/mol. The van der Waals surface area contributed by atoms with Gasteiger partial charge < -0.3 is 18.6 Å². The van der Waals surface area contributed by atoms with Crippen molar-refractivity contribution in [2.45, 2.75) is 39.7 Å². The molecule has 0 aliphatic carbocycles. The molecule has 2 rings (SSSR count). The normalized spacial score (nSPS) is 11.4. The minimum absolute atomic E-state index is 0.0885. The lowest BCUT2D eigenvalue weighted by Crippen LogP contribution is -2.14. The van der Waals surface area contributed by atoms with Gasteiger partial charge in [0.05, 0.1) is 19.8 Å². The molecule has 0 N–H and O–H groups in total. The molecule has 24 heavy (non-hydrogen) atoms. The number of fused-ring (bicyclic) bond motifs is 1. The van der Waals surface area contributed by atoms with Crippen molar-refractivity contribution in [3.8, 4) is 17.2 Å². The summed E-state index contributed by atoms with van der Waals surface area (Å²) in [6, 6.07) is 5.27. The molecule has 1 aromatic heterocycles. The molecular weight excluding hydrogens is 308 g/mol. The van der Waals surface area contributed by atoms with Crippen molar-refractivity contribution < 1.29 is 18.6 Å². The zero-order valence-corrected chi connectivity index (χ0v) is 14.6. The van der Waals surface area contributed by atoms with Crippen LogP contribution in [0, 0.1) is 0 Å². The maximum absolute atomic E-state index is 12.3. The molecule has 0 bridgehead atoms. The Kier molecular flexibility index (Phi) is 6.29. The van der Waals surface area contributed by atoms with Crippen LogP contribution in [0.1, 0.15) is 33.6 Å². The van der Waals surface area contributed by atoms with Crippen LogP contribution in [0.25, 0.3) is 11.0 Å². The van der Waals surface area contributed by atoms with Crippen LogP contribution in [0.3, 0.4) is 0 Å². The fourth-order valence-corrected chi connectivity index (χ4v) is 2.33. The number of hydrogen-bond acceptors (Lipinski definition) is 5. The van der Waals surface area contributed by atoms with E-state index in [0.29, 0.717) is 35.5 Å². The number of hydrogen-bond donors (Lipinski definition) is 0. The van der Waals surface area contributed by atoms with Crippen molar-refractivity contribution in [3.05, 3.63) is 40.8 Å². The number of benzene rings is 1. The van der Waals surface area contributed by atoms with Crippen molar-refractivity contribution in [1.29, 1.82) is 0 Å². The number of ether oxygens (including phenoxy) is 3. The minimum atomic E-state index is -0.550. The predicted octanol–water partition coefficient (Wildman–Crippen LogP) is 4.32. The molecule has 1 heterocycles. The van der Waals surface area contributed by atoms with Gasteiger partial charge in [0.2, 0.25) is 5.75 Å². The summed E-state index contributed by atoms with van der Waals surface area (Å²) in [5.41, 5.74) is -0.140. The Hall–Kier alpha value is -2.43. The highest BCUT2D eigenvalue weighted by Crippen LogP contribution is 2.39. The van der Waals surface area contributed by atoms with Crippen LogP contribution in [0.2, 0.25) is 0 Å². The Morgan fingerprint density at radius 1 is 1.21 bits per heavy atom. The van der Waals surface area contributed by atoms with Gasteiger partial charge in [-0.1, -0.05) is 25.1 Å². The summed E-state index contributed by atoms with van der Waals surface area (Å²) in [7, 11) is 1.56. The Morgan fingerprint density at radius 3 is 2.67 bits per heavy atom. The molecule has 0 unspecified atom stereocenters. The largest absolute Gasteiger partial charge is 0.496 e. The SMILES string of the molecule is CCC=CCCOc1c(OC(C)C)c2c(OC)cccc2oc1=O. The van der Waals surface area contributed by atoms with Crippen molar-refractivity contribution in [3.63, 3.8) is 0 Å². The van der Waals surface area contributed by atoms with Gasteiger partial charge in [-0.3, -0.25) is 0 Å². The first kappa shape index (κ1) is 17.9. The summed E-state index contributed by atoms with van der Waals surface area (Å²) >= 11 is 0. The smallest absolute Gasteiger partial charge is 0.383 e. The van der Waals surface area contributed by atoms with E-state index in [0.717, 1.165) is 6.42 Å². The molecule has 0 aliphatic heterocycles. The summed E-state index contributed by atoms with van der Waals surface area (Å²) in [5.74, 6) is 1.03. The van der Waals surface area contributed by atoms with Gasteiger partial charge in [-0.15, -0.1) is 0 Å². The number of allylic oxidation sites excluding steroid dienone is 1. The van der Waals surface area contributed by atoms with Gasteiger partial charge in [-0.05, 0) is 38.8 Å². The fraction of sp³-hybridized carbons (Fsp3) is 0.421. The van der Waals surface area contributed by atoms with E-state index in [1.165, 1.54) is 0 Å². The van der Waals surface area contributed by atoms with Crippen molar-refractivity contribution in [1.82, 2.24) is 0 Å². The van der Waals surface area contributed by atoms with Crippen LogP contribution in [0.4, 0.5) is 0 Å². The Morgan fingerprint density at radius 2 is 2.00 bits per heavy atom. The van der Waals surface area contributed by atoms with Crippen LogP contribution < -0.4 is 19.8 Å². The third kappa shape index (κ3) is 4.10. The van der Waals surface area contributed by atoms with Crippen molar-refractivity contribution in [2.75, 3.05) is 13.7 Å².